The van der Waals surface area contributed by atoms with Gasteiger partial charge in [0.15, 0.2) is 5.60 Å². The number of hydrogen-bond acceptors (Lipinski definition) is 10. The zero-order valence-electron chi connectivity index (χ0n) is 14.7. The van der Waals surface area contributed by atoms with Gasteiger partial charge >= 0.3 is 17.9 Å². The summed E-state index contributed by atoms with van der Waals surface area (Å²) in [6, 6.07) is 0. The minimum atomic E-state index is -3.73. The third kappa shape index (κ3) is 5.35. The molecule has 0 radical (unpaired) electrons. The van der Waals surface area contributed by atoms with Crippen LogP contribution in [0.5, 0.6) is 0 Å². The Labute approximate surface area is 158 Å². The van der Waals surface area contributed by atoms with Gasteiger partial charge in [-0.3, -0.25) is 9.59 Å². The summed E-state index contributed by atoms with van der Waals surface area (Å²) >= 11 is 0. The molecule has 10 N–H and O–H groups in total. The molecule has 0 bridgehead atoms. The first-order valence-electron chi connectivity index (χ1n) is 8.12. The number of rotatable bonds is 14. The molecule has 13 heteroatoms. The monoisotopic (exact) mass is 414 g/mol. The summed E-state index contributed by atoms with van der Waals surface area (Å²) in [6.07, 6.45) is -9.23. The molecule has 0 aromatic rings. The van der Waals surface area contributed by atoms with E-state index >= 15 is 0 Å². The van der Waals surface area contributed by atoms with Crippen LogP contribution in [0.3, 0.4) is 0 Å². The second-order valence-corrected chi connectivity index (χ2v) is 6.50. The van der Waals surface area contributed by atoms with Crippen molar-refractivity contribution in [2.24, 2.45) is 11.3 Å². The van der Waals surface area contributed by atoms with Crippen molar-refractivity contribution in [2.75, 3.05) is 19.8 Å². The first-order valence-corrected chi connectivity index (χ1v) is 8.12. The Bertz CT molecular complexity index is 538. The number of aliphatic hydroxyl groups excluding tert-OH is 6. The van der Waals surface area contributed by atoms with Gasteiger partial charge in [0.05, 0.1) is 44.1 Å². The average molecular weight is 414 g/mol. The molecule has 0 aliphatic heterocycles. The molecule has 164 valence electrons. The molecular weight excluding hydrogens is 388 g/mol. The van der Waals surface area contributed by atoms with Crippen LogP contribution in [-0.4, -0.2) is 113 Å². The lowest BCUT2D eigenvalue weighted by molar-refractivity contribution is -0.215. The lowest BCUT2D eigenvalue weighted by Crippen LogP contribution is -2.66. The van der Waals surface area contributed by atoms with Crippen LogP contribution in [0.15, 0.2) is 0 Å². The lowest BCUT2D eigenvalue weighted by Gasteiger charge is -2.46. The van der Waals surface area contributed by atoms with Crippen molar-refractivity contribution in [3.63, 3.8) is 0 Å². The van der Waals surface area contributed by atoms with E-state index in [2.05, 4.69) is 0 Å². The molecule has 0 saturated carbocycles. The topological polar surface area (TPSA) is 254 Å². The zero-order valence-corrected chi connectivity index (χ0v) is 14.7. The van der Waals surface area contributed by atoms with E-state index in [1.54, 1.807) is 0 Å². The Kier molecular flexibility index (Phi) is 9.90. The van der Waals surface area contributed by atoms with Gasteiger partial charge in [-0.2, -0.15) is 0 Å². The van der Waals surface area contributed by atoms with E-state index in [9.17, 15) is 50.1 Å². The average Bonchev–Trinajstić information content (AvgIpc) is 2.63. The third-order valence-corrected chi connectivity index (χ3v) is 4.58. The van der Waals surface area contributed by atoms with Crippen molar-refractivity contribution in [3.8, 4) is 0 Å². The standard InChI is InChI=1S/C15H26O13/c16-4-7(19)1-10(11(22)23)15(28,13(26)27)14(12(24)25,2-8(20)5-17)3-9(21)6-18/h7-10,16-21,28H,1-6H2,(H,22,23)(H,24,25)(H,26,27). The van der Waals surface area contributed by atoms with Crippen molar-refractivity contribution in [1.82, 2.24) is 0 Å². The van der Waals surface area contributed by atoms with Crippen molar-refractivity contribution >= 4 is 17.9 Å². The van der Waals surface area contributed by atoms with Crippen LogP contribution in [0, 0.1) is 11.3 Å². The molecule has 0 rings (SSSR count). The van der Waals surface area contributed by atoms with Gasteiger partial charge in [0, 0.05) is 0 Å². The van der Waals surface area contributed by atoms with E-state index in [0.717, 1.165) is 0 Å². The van der Waals surface area contributed by atoms with Crippen molar-refractivity contribution in [1.29, 1.82) is 0 Å². The predicted octanol–water partition coefficient (Wildman–Crippen LogP) is -4.20. The number of aliphatic carboxylic acids is 3. The first kappa shape index (κ1) is 26.1. The predicted molar refractivity (Wildman–Crippen MR) is 86.9 cm³/mol. The van der Waals surface area contributed by atoms with Crippen LogP contribution < -0.4 is 0 Å². The number of carboxylic acid groups (broad SMARTS) is 3. The highest BCUT2D eigenvalue weighted by atomic mass is 16.4. The number of aliphatic hydroxyl groups is 7. The molecule has 0 spiro atoms. The van der Waals surface area contributed by atoms with E-state index in [4.69, 9.17) is 15.3 Å². The summed E-state index contributed by atoms with van der Waals surface area (Å²) in [7, 11) is 0. The van der Waals surface area contributed by atoms with Crippen LogP contribution in [0.25, 0.3) is 0 Å². The summed E-state index contributed by atoms with van der Waals surface area (Å²) < 4.78 is 0. The SMILES string of the molecule is O=C(O)C(CC(O)CO)C(O)(C(=O)O)C(CC(O)CO)(CC(O)CO)C(=O)O. The van der Waals surface area contributed by atoms with Gasteiger partial charge in [-0.15, -0.1) is 0 Å². The highest BCUT2D eigenvalue weighted by molar-refractivity contribution is 5.93. The Morgan fingerprint density at radius 2 is 1.11 bits per heavy atom. The van der Waals surface area contributed by atoms with Gasteiger partial charge in [0.1, 0.15) is 5.41 Å². The van der Waals surface area contributed by atoms with Crippen molar-refractivity contribution in [2.45, 2.75) is 43.2 Å². The molecule has 0 aromatic heterocycles. The normalized spacial score (nSPS) is 20.2. The molecule has 0 aromatic carbocycles. The fourth-order valence-corrected chi connectivity index (χ4v) is 3.15. The Balaban J connectivity index is 6.80. The molecule has 0 aliphatic carbocycles. The molecule has 0 fully saturated rings. The van der Waals surface area contributed by atoms with Crippen molar-refractivity contribution < 1.29 is 65.4 Å². The maximum atomic E-state index is 12.0. The largest absolute Gasteiger partial charge is 0.481 e. The summed E-state index contributed by atoms with van der Waals surface area (Å²) in [4.78, 5) is 35.6. The van der Waals surface area contributed by atoms with Crippen molar-refractivity contribution in [3.05, 3.63) is 0 Å². The highest BCUT2D eigenvalue weighted by Gasteiger charge is 2.67. The Hall–Kier alpha value is -1.87. The summed E-state index contributed by atoms with van der Waals surface area (Å²) in [5, 5.41) is 95.5. The molecular formula is C15H26O13. The maximum Gasteiger partial charge on any atom is 0.337 e. The second kappa shape index (κ2) is 10.6. The number of carbonyl (C=O) groups is 3. The van der Waals surface area contributed by atoms with Gasteiger partial charge in [-0.05, 0) is 19.3 Å². The van der Waals surface area contributed by atoms with Gasteiger partial charge in [-0.25, -0.2) is 4.79 Å². The summed E-state index contributed by atoms with van der Waals surface area (Å²) in [5.74, 6) is -9.05. The molecule has 0 aliphatic rings. The zero-order chi connectivity index (χ0) is 22.3. The highest BCUT2D eigenvalue weighted by Crippen LogP contribution is 2.47. The molecule has 0 amide bonds. The van der Waals surface area contributed by atoms with Crippen LogP contribution >= 0.6 is 0 Å². The molecule has 5 atom stereocenters. The van der Waals surface area contributed by atoms with Crippen LogP contribution in [0.4, 0.5) is 0 Å². The van der Waals surface area contributed by atoms with Crippen LogP contribution in [0.2, 0.25) is 0 Å². The van der Waals surface area contributed by atoms with E-state index in [1.165, 1.54) is 0 Å². The quantitative estimate of drug-likeness (QED) is 0.129. The van der Waals surface area contributed by atoms with E-state index in [-0.39, 0.29) is 0 Å². The van der Waals surface area contributed by atoms with Crippen LogP contribution in [0.1, 0.15) is 19.3 Å². The fraction of sp³-hybridized carbons (Fsp3) is 0.800. The third-order valence-electron chi connectivity index (χ3n) is 4.58. The molecule has 0 heterocycles. The molecule has 0 saturated heterocycles. The van der Waals surface area contributed by atoms with E-state index in [0.29, 0.717) is 0 Å². The second-order valence-electron chi connectivity index (χ2n) is 6.50. The Morgan fingerprint density at radius 1 is 0.714 bits per heavy atom. The van der Waals surface area contributed by atoms with Crippen LogP contribution in [-0.2, 0) is 14.4 Å². The molecule has 5 unspecified atom stereocenters. The van der Waals surface area contributed by atoms with Gasteiger partial charge in [0.2, 0.25) is 0 Å². The number of carboxylic acids is 3. The molecule has 28 heavy (non-hydrogen) atoms. The maximum absolute atomic E-state index is 12.0. The van der Waals surface area contributed by atoms with E-state index in [1.807, 2.05) is 0 Å². The smallest absolute Gasteiger partial charge is 0.337 e. The minimum absolute atomic E-state index is 1.03. The summed E-state index contributed by atoms with van der Waals surface area (Å²) in [5.41, 5.74) is -6.84. The molecule has 13 nitrogen and oxygen atoms in total. The first-order chi connectivity index (χ1) is 12.8. The lowest BCUT2D eigenvalue weighted by atomic mass is 9.59. The van der Waals surface area contributed by atoms with E-state index < -0.39 is 92.2 Å². The van der Waals surface area contributed by atoms with Gasteiger partial charge in [0.25, 0.3) is 0 Å². The fourth-order valence-electron chi connectivity index (χ4n) is 3.15. The van der Waals surface area contributed by atoms with Gasteiger partial charge in [-0.1, -0.05) is 0 Å². The number of hydrogen-bond donors (Lipinski definition) is 10. The minimum Gasteiger partial charge on any atom is -0.481 e. The summed E-state index contributed by atoms with van der Waals surface area (Å²) in [6.45, 7) is -3.20. The van der Waals surface area contributed by atoms with Gasteiger partial charge < -0.3 is 51.1 Å². The Morgan fingerprint density at radius 3 is 1.36 bits per heavy atom.